The van der Waals surface area contributed by atoms with Gasteiger partial charge in [0.2, 0.25) is 0 Å². The Balaban J connectivity index is 2.53. The molecular weight excluding hydrogens is 275 g/mol. The van der Waals surface area contributed by atoms with Crippen molar-refractivity contribution >= 4 is 11.8 Å². The molecule has 0 aromatic heterocycles. The van der Waals surface area contributed by atoms with Gasteiger partial charge in [-0.2, -0.15) is 13.2 Å². The van der Waals surface area contributed by atoms with Crippen LogP contribution in [0.25, 0.3) is 0 Å². The molecule has 0 saturated heterocycles. The monoisotopic (exact) mass is 293 g/mol. The van der Waals surface area contributed by atoms with Gasteiger partial charge in [-0.25, -0.2) is 0 Å². The second kappa shape index (κ2) is 6.63. The van der Waals surface area contributed by atoms with E-state index in [9.17, 15) is 13.2 Å². The first-order valence-electron chi connectivity index (χ1n) is 5.92. The van der Waals surface area contributed by atoms with Crippen molar-refractivity contribution in [2.75, 3.05) is 6.61 Å². The molecule has 0 amide bonds. The lowest BCUT2D eigenvalue weighted by Gasteiger charge is -2.25. The molecule has 108 valence electrons. The van der Waals surface area contributed by atoms with Gasteiger partial charge in [0, 0.05) is 23.6 Å². The van der Waals surface area contributed by atoms with E-state index in [0.29, 0.717) is 13.0 Å². The molecule has 0 spiro atoms. The molecule has 0 aliphatic rings. The molecule has 0 unspecified atom stereocenters. The van der Waals surface area contributed by atoms with Gasteiger partial charge in [-0.1, -0.05) is 12.1 Å². The molecule has 0 saturated carbocycles. The lowest BCUT2D eigenvalue weighted by atomic mass is 10.0. The summed E-state index contributed by atoms with van der Waals surface area (Å²) in [5, 5.41) is 12.1. The van der Waals surface area contributed by atoms with E-state index in [2.05, 4.69) is 5.32 Å². The molecule has 0 aliphatic heterocycles. The zero-order valence-corrected chi connectivity index (χ0v) is 11.7. The van der Waals surface area contributed by atoms with Crippen molar-refractivity contribution in [1.29, 1.82) is 0 Å². The fraction of sp³-hybridized carbons (Fsp3) is 0.538. The van der Waals surface area contributed by atoms with Crippen molar-refractivity contribution in [3.05, 3.63) is 29.8 Å². The Hall–Kier alpha value is -0.720. The SMILES string of the molecule is CC(C)(CCO)NCc1ccc(SC(F)(F)F)cc1. The third kappa shape index (κ3) is 6.84. The molecule has 0 fully saturated rings. The van der Waals surface area contributed by atoms with E-state index in [1.54, 1.807) is 12.1 Å². The lowest BCUT2D eigenvalue weighted by molar-refractivity contribution is -0.0328. The highest BCUT2D eigenvalue weighted by molar-refractivity contribution is 8.00. The van der Waals surface area contributed by atoms with Gasteiger partial charge >= 0.3 is 5.51 Å². The van der Waals surface area contributed by atoms with E-state index >= 15 is 0 Å². The second-order valence-electron chi connectivity index (χ2n) is 4.90. The summed E-state index contributed by atoms with van der Waals surface area (Å²) < 4.78 is 36.5. The van der Waals surface area contributed by atoms with Crippen LogP contribution >= 0.6 is 11.8 Å². The highest BCUT2D eigenvalue weighted by atomic mass is 32.2. The predicted octanol–water partition coefficient (Wildman–Crippen LogP) is 3.55. The standard InChI is InChI=1S/C13H18F3NOS/c1-12(2,7-8-18)17-9-10-3-5-11(6-4-10)19-13(14,15)16/h3-6,17-18H,7-9H2,1-2H3. The first-order chi connectivity index (χ1) is 8.72. The number of rotatable bonds is 6. The highest BCUT2D eigenvalue weighted by Crippen LogP contribution is 2.36. The predicted molar refractivity (Wildman–Crippen MR) is 71.0 cm³/mol. The number of nitrogens with one attached hydrogen (secondary N) is 1. The van der Waals surface area contributed by atoms with E-state index in [-0.39, 0.29) is 28.8 Å². The first-order valence-corrected chi connectivity index (χ1v) is 6.74. The number of hydrogen-bond acceptors (Lipinski definition) is 3. The summed E-state index contributed by atoms with van der Waals surface area (Å²) in [6, 6.07) is 6.29. The summed E-state index contributed by atoms with van der Waals surface area (Å²) in [6.07, 6.45) is 0.620. The summed E-state index contributed by atoms with van der Waals surface area (Å²) in [4.78, 5) is 0.186. The number of aliphatic hydroxyl groups excluding tert-OH is 1. The molecule has 0 radical (unpaired) electrons. The van der Waals surface area contributed by atoms with Crippen molar-refractivity contribution in [2.45, 2.75) is 42.8 Å². The molecule has 19 heavy (non-hydrogen) atoms. The third-order valence-corrected chi connectivity index (χ3v) is 3.40. The van der Waals surface area contributed by atoms with Crippen LogP contribution in [-0.4, -0.2) is 22.8 Å². The third-order valence-electron chi connectivity index (χ3n) is 2.66. The Morgan fingerprint density at radius 2 is 1.74 bits per heavy atom. The molecular formula is C13H18F3NOS. The highest BCUT2D eigenvalue weighted by Gasteiger charge is 2.29. The summed E-state index contributed by atoms with van der Waals surface area (Å²) in [7, 11) is 0. The van der Waals surface area contributed by atoms with E-state index in [0.717, 1.165) is 5.56 Å². The molecule has 0 aliphatic carbocycles. The smallest absolute Gasteiger partial charge is 0.396 e. The summed E-state index contributed by atoms with van der Waals surface area (Å²) in [6.45, 7) is 4.60. The van der Waals surface area contributed by atoms with Crippen molar-refractivity contribution in [3.63, 3.8) is 0 Å². The number of halogens is 3. The van der Waals surface area contributed by atoms with Crippen LogP contribution in [0, 0.1) is 0 Å². The van der Waals surface area contributed by atoms with E-state index in [1.807, 2.05) is 13.8 Å². The Labute approximate surface area is 115 Å². The Kier molecular flexibility index (Phi) is 5.70. The number of thioether (sulfide) groups is 1. The molecule has 0 heterocycles. The van der Waals surface area contributed by atoms with Gasteiger partial charge in [0.05, 0.1) is 0 Å². The summed E-state index contributed by atoms with van der Waals surface area (Å²) in [5.74, 6) is 0. The maximum absolute atomic E-state index is 12.2. The normalized spacial score (nSPS) is 12.7. The average Bonchev–Trinajstić information content (AvgIpc) is 2.26. The molecule has 1 rings (SSSR count). The van der Waals surface area contributed by atoms with Crippen molar-refractivity contribution in [2.24, 2.45) is 0 Å². The molecule has 6 heteroatoms. The van der Waals surface area contributed by atoms with Crippen molar-refractivity contribution < 1.29 is 18.3 Å². The minimum atomic E-state index is -4.25. The molecule has 2 N–H and O–H groups in total. The van der Waals surface area contributed by atoms with Crippen LogP contribution < -0.4 is 5.32 Å². The molecule has 0 bridgehead atoms. The van der Waals surface area contributed by atoms with E-state index in [1.165, 1.54) is 12.1 Å². The Morgan fingerprint density at radius 1 is 1.16 bits per heavy atom. The number of hydrogen-bond donors (Lipinski definition) is 2. The van der Waals surface area contributed by atoms with Gasteiger partial charge in [0.1, 0.15) is 0 Å². The van der Waals surface area contributed by atoms with Crippen LogP contribution in [0.5, 0.6) is 0 Å². The van der Waals surface area contributed by atoms with Crippen LogP contribution in [0.4, 0.5) is 13.2 Å². The van der Waals surface area contributed by atoms with Gasteiger partial charge in [0.15, 0.2) is 0 Å². The van der Waals surface area contributed by atoms with Crippen molar-refractivity contribution in [3.8, 4) is 0 Å². The van der Waals surface area contributed by atoms with E-state index in [4.69, 9.17) is 5.11 Å². The van der Waals surface area contributed by atoms with Crippen LogP contribution in [0.15, 0.2) is 29.2 Å². The quantitative estimate of drug-likeness (QED) is 0.787. The average molecular weight is 293 g/mol. The zero-order valence-electron chi connectivity index (χ0n) is 10.9. The number of aliphatic hydroxyl groups is 1. The van der Waals surface area contributed by atoms with Gasteiger partial charge in [-0.15, -0.1) is 0 Å². The van der Waals surface area contributed by atoms with Crippen molar-refractivity contribution in [1.82, 2.24) is 5.32 Å². The Bertz CT molecular complexity index is 390. The van der Waals surface area contributed by atoms with Gasteiger partial charge in [-0.05, 0) is 49.7 Å². The van der Waals surface area contributed by atoms with Crippen LogP contribution in [0.1, 0.15) is 25.8 Å². The fourth-order valence-electron chi connectivity index (χ4n) is 1.52. The summed E-state index contributed by atoms with van der Waals surface area (Å²) in [5.41, 5.74) is -3.53. The molecule has 1 aromatic carbocycles. The topological polar surface area (TPSA) is 32.3 Å². The maximum atomic E-state index is 12.2. The van der Waals surface area contributed by atoms with E-state index < -0.39 is 5.51 Å². The first kappa shape index (κ1) is 16.3. The van der Waals surface area contributed by atoms with Gasteiger partial charge in [-0.3, -0.25) is 0 Å². The molecule has 2 nitrogen and oxygen atoms in total. The fourth-order valence-corrected chi connectivity index (χ4v) is 2.06. The lowest BCUT2D eigenvalue weighted by Crippen LogP contribution is -2.39. The minimum Gasteiger partial charge on any atom is -0.396 e. The maximum Gasteiger partial charge on any atom is 0.446 e. The Morgan fingerprint density at radius 3 is 2.21 bits per heavy atom. The van der Waals surface area contributed by atoms with Gasteiger partial charge in [0.25, 0.3) is 0 Å². The van der Waals surface area contributed by atoms with Crippen LogP contribution in [-0.2, 0) is 6.54 Å². The minimum absolute atomic E-state index is 0.0984. The van der Waals surface area contributed by atoms with Crippen LogP contribution in [0.3, 0.4) is 0 Å². The largest absolute Gasteiger partial charge is 0.446 e. The number of benzene rings is 1. The van der Waals surface area contributed by atoms with Crippen LogP contribution in [0.2, 0.25) is 0 Å². The second-order valence-corrected chi connectivity index (χ2v) is 6.04. The zero-order chi connectivity index (χ0) is 14.5. The number of alkyl halides is 3. The molecule has 1 aromatic rings. The molecule has 0 atom stereocenters. The summed E-state index contributed by atoms with van der Waals surface area (Å²) >= 11 is -0.112. The van der Waals surface area contributed by atoms with Gasteiger partial charge < -0.3 is 10.4 Å².